The number of rotatable bonds is 4. The molecule has 2 unspecified atom stereocenters. The van der Waals surface area contributed by atoms with Crippen LogP contribution in [0.3, 0.4) is 0 Å². The Balaban J connectivity index is 2.68. The molecule has 0 amide bonds. The summed E-state index contributed by atoms with van der Waals surface area (Å²) in [5.74, 6) is 0.709. The molecule has 1 heterocycles. The number of aromatic nitrogens is 2. The molecule has 1 rings (SSSR count). The molecule has 0 spiro atoms. The van der Waals surface area contributed by atoms with E-state index in [9.17, 15) is 0 Å². The maximum Gasteiger partial charge on any atom is 0.156 e. The number of nitrogens with zero attached hydrogens (tertiary/aromatic N) is 2. The van der Waals surface area contributed by atoms with Crippen molar-refractivity contribution in [2.75, 3.05) is 7.11 Å². The van der Waals surface area contributed by atoms with Gasteiger partial charge in [-0.05, 0) is 25.8 Å². The van der Waals surface area contributed by atoms with E-state index in [1.165, 1.54) is 0 Å². The lowest BCUT2D eigenvalue weighted by Crippen LogP contribution is -2.18. The van der Waals surface area contributed by atoms with Crippen molar-refractivity contribution >= 4 is 0 Å². The van der Waals surface area contributed by atoms with Crippen molar-refractivity contribution in [3.05, 3.63) is 23.8 Å². The normalized spacial score (nSPS) is 15.1. The summed E-state index contributed by atoms with van der Waals surface area (Å²) in [5.41, 5.74) is 6.73. The van der Waals surface area contributed by atoms with Crippen molar-refractivity contribution in [1.29, 1.82) is 0 Å². The highest BCUT2D eigenvalue weighted by Gasteiger charge is 2.06. The summed E-state index contributed by atoms with van der Waals surface area (Å²) in [6.45, 7) is 3.88. The highest BCUT2D eigenvalue weighted by atomic mass is 16.5. The van der Waals surface area contributed by atoms with E-state index in [4.69, 9.17) is 10.5 Å². The molecule has 0 saturated carbocycles. The first kappa shape index (κ1) is 11.1. The number of ether oxygens (including phenoxy) is 1. The van der Waals surface area contributed by atoms with E-state index < -0.39 is 0 Å². The fourth-order valence-electron chi connectivity index (χ4n) is 1.16. The second-order valence-corrected chi connectivity index (χ2v) is 3.51. The lowest BCUT2D eigenvalue weighted by molar-refractivity contribution is 0.112. The fourth-order valence-corrected chi connectivity index (χ4v) is 1.16. The molecule has 0 saturated heterocycles. The summed E-state index contributed by atoms with van der Waals surface area (Å²) in [6, 6.07) is 0.143. The Morgan fingerprint density at radius 3 is 2.36 bits per heavy atom. The Kier molecular flexibility index (Phi) is 3.98. The first-order valence-corrected chi connectivity index (χ1v) is 4.72. The van der Waals surface area contributed by atoms with E-state index in [-0.39, 0.29) is 12.1 Å². The van der Waals surface area contributed by atoms with Crippen LogP contribution in [0, 0.1) is 0 Å². The minimum atomic E-state index is -0.0562. The zero-order valence-electron chi connectivity index (χ0n) is 8.90. The maximum absolute atomic E-state index is 5.67. The van der Waals surface area contributed by atoms with Gasteiger partial charge < -0.3 is 10.5 Å². The van der Waals surface area contributed by atoms with Gasteiger partial charge in [0.1, 0.15) is 6.10 Å². The SMILES string of the molecule is COC(C)c1ncc(CC(C)N)cn1. The third kappa shape index (κ3) is 3.05. The van der Waals surface area contributed by atoms with E-state index in [0.717, 1.165) is 12.0 Å². The van der Waals surface area contributed by atoms with Crippen LogP contribution in [-0.2, 0) is 11.2 Å². The Morgan fingerprint density at radius 1 is 1.36 bits per heavy atom. The molecule has 2 atom stereocenters. The molecular weight excluding hydrogens is 178 g/mol. The van der Waals surface area contributed by atoms with Gasteiger partial charge in [0.05, 0.1) is 0 Å². The minimum absolute atomic E-state index is 0.0562. The first-order valence-electron chi connectivity index (χ1n) is 4.72. The Bertz CT molecular complexity index is 271. The predicted octanol–water partition coefficient (Wildman–Crippen LogP) is 1.07. The third-order valence-electron chi connectivity index (χ3n) is 2.00. The van der Waals surface area contributed by atoms with Crippen LogP contribution < -0.4 is 5.73 Å². The minimum Gasteiger partial charge on any atom is -0.374 e. The summed E-state index contributed by atoms with van der Waals surface area (Å²) < 4.78 is 5.11. The molecule has 1 aromatic rings. The quantitative estimate of drug-likeness (QED) is 0.780. The van der Waals surface area contributed by atoms with Crippen molar-refractivity contribution in [2.24, 2.45) is 5.73 Å². The summed E-state index contributed by atoms with van der Waals surface area (Å²) in [5, 5.41) is 0. The van der Waals surface area contributed by atoms with E-state index in [1.54, 1.807) is 19.5 Å². The van der Waals surface area contributed by atoms with Gasteiger partial charge in [-0.3, -0.25) is 0 Å². The Labute approximate surface area is 84.5 Å². The van der Waals surface area contributed by atoms with E-state index >= 15 is 0 Å². The molecule has 0 fully saturated rings. The average Bonchev–Trinajstić information content (AvgIpc) is 2.17. The van der Waals surface area contributed by atoms with E-state index in [0.29, 0.717) is 5.82 Å². The topological polar surface area (TPSA) is 61.0 Å². The number of nitrogens with two attached hydrogens (primary N) is 1. The predicted molar refractivity (Wildman–Crippen MR) is 54.8 cm³/mol. The number of methoxy groups -OCH3 is 1. The monoisotopic (exact) mass is 195 g/mol. The standard InChI is InChI=1S/C10H17N3O/c1-7(11)4-9-5-12-10(13-6-9)8(2)14-3/h5-8H,4,11H2,1-3H3. The second-order valence-electron chi connectivity index (χ2n) is 3.51. The molecule has 2 N–H and O–H groups in total. The van der Waals surface area contributed by atoms with Crippen LogP contribution in [0.5, 0.6) is 0 Å². The first-order chi connectivity index (χ1) is 6.63. The van der Waals surface area contributed by atoms with Crippen molar-refractivity contribution < 1.29 is 4.74 Å². The Hall–Kier alpha value is -1.00. The van der Waals surface area contributed by atoms with Gasteiger partial charge in [0, 0.05) is 25.5 Å². The van der Waals surface area contributed by atoms with Gasteiger partial charge in [-0.1, -0.05) is 0 Å². The van der Waals surface area contributed by atoms with Crippen LogP contribution in [0.15, 0.2) is 12.4 Å². The molecule has 4 heteroatoms. The molecule has 0 aromatic carbocycles. The van der Waals surface area contributed by atoms with Crippen molar-refractivity contribution in [2.45, 2.75) is 32.4 Å². The summed E-state index contributed by atoms with van der Waals surface area (Å²) >= 11 is 0. The van der Waals surface area contributed by atoms with Gasteiger partial charge >= 0.3 is 0 Å². The molecule has 0 aliphatic carbocycles. The smallest absolute Gasteiger partial charge is 0.156 e. The molecule has 14 heavy (non-hydrogen) atoms. The van der Waals surface area contributed by atoms with Gasteiger partial charge in [0.25, 0.3) is 0 Å². The van der Waals surface area contributed by atoms with Gasteiger partial charge in [0.2, 0.25) is 0 Å². The van der Waals surface area contributed by atoms with Crippen molar-refractivity contribution in [3.63, 3.8) is 0 Å². The zero-order chi connectivity index (χ0) is 10.6. The van der Waals surface area contributed by atoms with Crippen LogP contribution in [-0.4, -0.2) is 23.1 Å². The molecule has 1 aromatic heterocycles. The van der Waals surface area contributed by atoms with Crippen LogP contribution in [0.25, 0.3) is 0 Å². The van der Waals surface area contributed by atoms with Crippen LogP contribution in [0.1, 0.15) is 31.3 Å². The number of hydrogen-bond donors (Lipinski definition) is 1. The molecular formula is C10H17N3O. The lowest BCUT2D eigenvalue weighted by Gasteiger charge is -2.08. The van der Waals surface area contributed by atoms with Crippen molar-refractivity contribution in [1.82, 2.24) is 9.97 Å². The van der Waals surface area contributed by atoms with Crippen LogP contribution >= 0.6 is 0 Å². The van der Waals surface area contributed by atoms with Gasteiger partial charge in [0.15, 0.2) is 5.82 Å². The third-order valence-corrected chi connectivity index (χ3v) is 2.00. The van der Waals surface area contributed by atoms with Crippen molar-refractivity contribution in [3.8, 4) is 0 Å². The number of hydrogen-bond acceptors (Lipinski definition) is 4. The largest absolute Gasteiger partial charge is 0.374 e. The summed E-state index contributed by atoms with van der Waals surface area (Å²) in [7, 11) is 1.64. The molecule has 0 aliphatic heterocycles. The molecule has 0 aliphatic rings. The molecule has 4 nitrogen and oxygen atoms in total. The summed E-state index contributed by atoms with van der Waals surface area (Å²) in [4.78, 5) is 8.42. The van der Waals surface area contributed by atoms with Crippen LogP contribution in [0.2, 0.25) is 0 Å². The lowest BCUT2D eigenvalue weighted by atomic mass is 10.1. The van der Waals surface area contributed by atoms with Crippen LogP contribution in [0.4, 0.5) is 0 Å². The van der Waals surface area contributed by atoms with E-state index in [2.05, 4.69) is 9.97 Å². The van der Waals surface area contributed by atoms with Gasteiger partial charge in [-0.2, -0.15) is 0 Å². The molecule has 78 valence electrons. The summed E-state index contributed by atoms with van der Waals surface area (Å²) in [6.07, 6.45) is 4.36. The Morgan fingerprint density at radius 2 is 1.93 bits per heavy atom. The highest BCUT2D eigenvalue weighted by molar-refractivity contribution is 5.07. The highest BCUT2D eigenvalue weighted by Crippen LogP contribution is 2.10. The maximum atomic E-state index is 5.67. The molecule has 0 bridgehead atoms. The van der Waals surface area contributed by atoms with E-state index in [1.807, 2.05) is 13.8 Å². The second kappa shape index (κ2) is 5.02. The average molecular weight is 195 g/mol. The van der Waals surface area contributed by atoms with Gasteiger partial charge in [-0.15, -0.1) is 0 Å². The zero-order valence-corrected chi connectivity index (χ0v) is 8.90. The van der Waals surface area contributed by atoms with Gasteiger partial charge in [-0.25, -0.2) is 9.97 Å². The fraction of sp³-hybridized carbons (Fsp3) is 0.600. The molecule has 0 radical (unpaired) electrons.